The van der Waals surface area contributed by atoms with E-state index in [2.05, 4.69) is 26.1 Å². The van der Waals surface area contributed by atoms with Crippen molar-refractivity contribution in [3.8, 4) is 0 Å². The van der Waals surface area contributed by atoms with Crippen LogP contribution in [0.2, 0.25) is 0 Å². The number of hydrogen-bond donors (Lipinski definition) is 2. The lowest BCUT2D eigenvalue weighted by Gasteiger charge is -2.21. The van der Waals surface area contributed by atoms with E-state index in [0.717, 1.165) is 16.6 Å². The van der Waals surface area contributed by atoms with Gasteiger partial charge in [0, 0.05) is 29.6 Å². The van der Waals surface area contributed by atoms with Gasteiger partial charge >= 0.3 is 5.97 Å². The maximum atomic E-state index is 10.9. The van der Waals surface area contributed by atoms with Crippen molar-refractivity contribution >= 4 is 21.9 Å². The van der Waals surface area contributed by atoms with Crippen LogP contribution in [-0.2, 0) is 6.54 Å². The van der Waals surface area contributed by atoms with Gasteiger partial charge in [-0.1, -0.05) is 22.0 Å². The number of hydrogen-bond acceptors (Lipinski definition) is 3. The van der Waals surface area contributed by atoms with E-state index in [0.29, 0.717) is 17.6 Å². The number of fused-ring (bicyclic) bond motifs is 1. The van der Waals surface area contributed by atoms with Gasteiger partial charge < -0.3 is 10.4 Å². The fraction of sp³-hybridized carbons (Fsp3) is 0.533. The molecule has 4 nitrogen and oxygen atoms in total. The smallest absolute Gasteiger partial charge is 0.335 e. The van der Waals surface area contributed by atoms with Gasteiger partial charge in [-0.05, 0) is 43.5 Å². The molecular weight excluding hydrogens is 320 g/mol. The van der Waals surface area contributed by atoms with Gasteiger partial charge in [-0.25, -0.2) is 4.79 Å². The Bertz CT molecular complexity index is 521. The predicted molar refractivity (Wildman–Crippen MR) is 80.9 cm³/mol. The molecule has 2 fully saturated rings. The van der Waals surface area contributed by atoms with E-state index in [9.17, 15) is 4.79 Å². The second-order valence-electron chi connectivity index (χ2n) is 5.63. The Hall–Kier alpha value is -0.910. The summed E-state index contributed by atoms with van der Waals surface area (Å²) in [5.41, 5.74) is 1.44. The van der Waals surface area contributed by atoms with Crippen molar-refractivity contribution in [2.75, 3.05) is 13.1 Å². The summed E-state index contributed by atoms with van der Waals surface area (Å²) >= 11 is 3.47. The number of nitrogens with one attached hydrogen (secondary N) is 1. The summed E-state index contributed by atoms with van der Waals surface area (Å²) in [4.78, 5) is 13.5. The van der Waals surface area contributed by atoms with E-state index in [1.165, 1.54) is 32.4 Å². The SMILES string of the molecule is O=C(O)c1ccc(CNC2CCN3CCCC23)c(Br)c1. The number of carboxylic acids is 1. The Balaban J connectivity index is 1.62. The van der Waals surface area contributed by atoms with Crippen LogP contribution in [0, 0.1) is 0 Å². The van der Waals surface area contributed by atoms with Crippen molar-refractivity contribution in [2.45, 2.75) is 37.9 Å². The monoisotopic (exact) mass is 338 g/mol. The molecule has 1 aromatic rings. The highest BCUT2D eigenvalue weighted by molar-refractivity contribution is 9.10. The third-order valence-electron chi connectivity index (χ3n) is 4.46. The Morgan fingerprint density at radius 3 is 3.00 bits per heavy atom. The van der Waals surface area contributed by atoms with E-state index in [1.807, 2.05) is 6.07 Å². The highest BCUT2D eigenvalue weighted by Crippen LogP contribution is 2.28. The van der Waals surface area contributed by atoms with Crippen LogP contribution in [0.3, 0.4) is 0 Å². The molecule has 0 radical (unpaired) electrons. The molecule has 2 aliphatic heterocycles. The van der Waals surface area contributed by atoms with E-state index < -0.39 is 5.97 Å². The molecule has 108 valence electrons. The first-order valence-corrected chi connectivity index (χ1v) is 7.93. The summed E-state index contributed by atoms with van der Waals surface area (Å²) in [6, 6.07) is 6.51. The first-order valence-electron chi connectivity index (χ1n) is 7.14. The first-order chi connectivity index (χ1) is 9.65. The molecule has 3 rings (SSSR count). The minimum Gasteiger partial charge on any atom is -0.478 e. The minimum absolute atomic E-state index is 0.323. The second kappa shape index (κ2) is 5.84. The molecule has 0 saturated carbocycles. The maximum Gasteiger partial charge on any atom is 0.335 e. The van der Waals surface area contributed by atoms with Crippen molar-refractivity contribution in [3.05, 3.63) is 33.8 Å². The van der Waals surface area contributed by atoms with Gasteiger partial charge in [0.05, 0.1) is 5.56 Å². The Kier molecular flexibility index (Phi) is 4.10. The quantitative estimate of drug-likeness (QED) is 0.885. The third-order valence-corrected chi connectivity index (χ3v) is 5.20. The molecule has 0 spiro atoms. The Morgan fingerprint density at radius 1 is 1.40 bits per heavy atom. The van der Waals surface area contributed by atoms with Crippen molar-refractivity contribution in [1.29, 1.82) is 0 Å². The van der Waals surface area contributed by atoms with Crippen LogP contribution in [0.1, 0.15) is 35.2 Å². The lowest BCUT2D eigenvalue weighted by molar-refractivity contribution is 0.0697. The second-order valence-corrected chi connectivity index (χ2v) is 6.49. The minimum atomic E-state index is -0.886. The normalized spacial score (nSPS) is 25.9. The summed E-state index contributed by atoms with van der Waals surface area (Å²) in [5, 5.41) is 12.6. The summed E-state index contributed by atoms with van der Waals surface area (Å²) in [7, 11) is 0. The Morgan fingerprint density at radius 2 is 2.25 bits per heavy atom. The highest BCUT2D eigenvalue weighted by atomic mass is 79.9. The first kappa shape index (κ1) is 14.0. The average Bonchev–Trinajstić information content (AvgIpc) is 3.00. The fourth-order valence-electron chi connectivity index (χ4n) is 3.39. The van der Waals surface area contributed by atoms with Crippen LogP contribution in [0.4, 0.5) is 0 Å². The molecule has 1 aromatic carbocycles. The van der Waals surface area contributed by atoms with Crippen LogP contribution >= 0.6 is 15.9 Å². The number of aromatic carboxylic acids is 1. The van der Waals surface area contributed by atoms with Crippen LogP contribution in [0.25, 0.3) is 0 Å². The molecule has 0 aliphatic carbocycles. The molecule has 2 heterocycles. The topological polar surface area (TPSA) is 52.6 Å². The molecule has 20 heavy (non-hydrogen) atoms. The largest absolute Gasteiger partial charge is 0.478 e. The average molecular weight is 339 g/mol. The summed E-state index contributed by atoms with van der Waals surface area (Å²) in [5.74, 6) is -0.886. The van der Waals surface area contributed by atoms with E-state index >= 15 is 0 Å². The van der Waals surface area contributed by atoms with E-state index in [1.54, 1.807) is 12.1 Å². The summed E-state index contributed by atoms with van der Waals surface area (Å²) in [6.45, 7) is 3.25. The number of rotatable bonds is 4. The molecule has 2 N–H and O–H groups in total. The molecule has 2 aliphatic rings. The standard InChI is InChI=1S/C15H19BrN2O2/c16-12-8-10(15(19)20)3-4-11(12)9-17-13-5-7-18-6-1-2-14(13)18/h3-4,8,13-14,17H,1-2,5-7,9H2,(H,19,20). The van der Waals surface area contributed by atoms with Gasteiger partial charge in [0.15, 0.2) is 0 Å². The van der Waals surface area contributed by atoms with Gasteiger partial charge in [0.25, 0.3) is 0 Å². The molecule has 0 aromatic heterocycles. The van der Waals surface area contributed by atoms with Gasteiger partial charge in [0.2, 0.25) is 0 Å². The molecule has 0 bridgehead atoms. The maximum absolute atomic E-state index is 10.9. The van der Waals surface area contributed by atoms with E-state index in [4.69, 9.17) is 5.11 Å². The highest BCUT2D eigenvalue weighted by Gasteiger charge is 2.36. The molecular formula is C15H19BrN2O2. The summed E-state index contributed by atoms with van der Waals surface area (Å²) < 4.78 is 0.867. The zero-order valence-electron chi connectivity index (χ0n) is 11.3. The number of benzene rings is 1. The van der Waals surface area contributed by atoms with Crippen molar-refractivity contribution < 1.29 is 9.90 Å². The number of nitrogens with zero attached hydrogens (tertiary/aromatic N) is 1. The zero-order valence-corrected chi connectivity index (χ0v) is 12.9. The van der Waals surface area contributed by atoms with Crippen LogP contribution in [0.5, 0.6) is 0 Å². The number of carbonyl (C=O) groups is 1. The number of carboxylic acid groups (broad SMARTS) is 1. The van der Waals surface area contributed by atoms with Crippen molar-refractivity contribution in [2.24, 2.45) is 0 Å². The zero-order chi connectivity index (χ0) is 14.1. The van der Waals surface area contributed by atoms with Crippen molar-refractivity contribution in [3.63, 3.8) is 0 Å². The predicted octanol–water partition coefficient (Wildman–Crippen LogP) is 2.47. The number of halogens is 1. The van der Waals surface area contributed by atoms with Gasteiger partial charge in [-0.3, -0.25) is 4.90 Å². The molecule has 5 heteroatoms. The van der Waals surface area contributed by atoms with Crippen molar-refractivity contribution in [1.82, 2.24) is 10.2 Å². The van der Waals surface area contributed by atoms with Crippen LogP contribution < -0.4 is 5.32 Å². The van der Waals surface area contributed by atoms with E-state index in [-0.39, 0.29) is 0 Å². The van der Waals surface area contributed by atoms with Crippen LogP contribution in [0.15, 0.2) is 22.7 Å². The molecule has 0 amide bonds. The lowest BCUT2D eigenvalue weighted by atomic mass is 10.1. The molecule has 2 atom stereocenters. The molecule has 2 unspecified atom stereocenters. The van der Waals surface area contributed by atoms with Gasteiger partial charge in [0.1, 0.15) is 0 Å². The van der Waals surface area contributed by atoms with Gasteiger partial charge in [-0.2, -0.15) is 0 Å². The Labute approximate surface area is 127 Å². The van der Waals surface area contributed by atoms with Crippen LogP contribution in [-0.4, -0.2) is 41.1 Å². The summed E-state index contributed by atoms with van der Waals surface area (Å²) in [6.07, 6.45) is 3.84. The van der Waals surface area contributed by atoms with Gasteiger partial charge in [-0.15, -0.1) is 0 Å². The molecule has 2 saturated heterocycles. The lowest BCUT2D eigenvalue weighted by Crippen LogP contribution is -2.38. The fourth-order valence-corrected chi connectivity index (χ4v) is 3.90. The third kappa shape index (κ3) is 2.75.